The molecule has 0 aliphatic rings. The number of phenolic OH excluding ortho intramolecular Hbond substituents is 1. The van der Waals surface area contributed by atoms with Crippen LogP contribution < -0.4 is 11.5 Å². The highest BCUT2D eigenvalue weighted by atomic mass is 79.9. The topological polar surface area (TPSA) is 72.3 Å². The molecule has 1 atom stereocenters. The van der Waals surface area contributed by atoms with Crippen LogP contribution in [-0.4, -0.2) is 11.7 Å². The van der Waals surface area contributed by atoms with Crippen LogP contribution in [0.15, 0.2) is 22.7 Å². The largest absolute Gasteiger partial charge is 0.508 e. The third-order valence-electron chi connectivity index (χ3n) is 2.10. The summed E-state index contributed by atoms with van der Waals surface area (Å²) in [6.07, 6.45) is 1.72. The molecule has 0 aromatic heterocycles. The molecule has 0 unspecified atom stereocenters. The Kier molecular flexibility index (Phi) is 6.92. The molecule has 0 saturated carbocycles. The predicted octanol–water partition coefficient (Wildman–Crippen LogP) is 2.32. The van der Waals surface area contributed by atoms with Crippen molar-refractivity contribution >= 4 is 28.3 Å². The Labute approximate surface area is 104 Å². The Hall–Kier alpha value is -0.290. The molecule has 5 N–H and O–H groups in total. The number of benzene rings is 1. The molecular weight excluding hydrogens is 279 g/mol. The van der Waals surface area contributed by atoms with E-state index in [2.05, 4.69) is 15.9 Å². The fourth-order valence-electron chi connectivity index (χ4n) is 1.31. The molecule has 0 heterocycles. The normalized spacial score (nSPS) is 11.9. The lowest BCUT2D eigenvalue weighted by Crippen LogP contribution is -2.13. The first-order valence-corrected chi connectivity index (χ1v) is 5.38. The van der Waals surface area contributed by atoms with E-state index in [0.717, 1.165) is 22.9 Å². The Bertz CT molecular complexity index is 309. The van der Waals surface area contributed by atoms with Crippen LogP contribution in [0.2, 0.25) is 0 Å². The molecule has 15 heavy (non-hydrogen) atoms. The van der Waals surface area contributed by atoms with E-state index in [1.54, 1.807) is 18.2 Å². The second-order valence-corrected chi connectivity index (χ2v) is 4.10. The summed E-state index contributed by atoms with van der Waals surface area (Å²) in [5.41, 5.74) is 12.3. The van der Waals surface area contributed by atoms with Crippen LogP contribution in [0.5, 0.6) is 5.75 Å². The van der Waals surface area contributed by atoms with Gasteiger partial charge in [-0.3, -0.25) is 0 Å². The Balaban J connectivity index is 0.00000196. The molecule has 0 spiro atoms. The molecule has 86 valence electrons. The van der Waals surface area contributed by atoms with E-state index >= 15 is 0 Å². The molecule has 0 fully saturated rings. The summed E-state index contributed by atoms with van der Waals surface area (Å²) in [6.45, 7) is 0.643. The fraction of sp³-hybridized carbons (Fsp3) is 0.400. The summed E-state index contributed by atoms with van der Waals surface area (Å²) < 4.78 is 0.930. The van der Waals surface area contributed by atoms with Gasteiger partial charge in [0, 0.05) is 10.5 Å². The number of hydrogen-bond acceptors (Lipinski definition) is 3. The van der Waals surface area contributed by atoms with E-state index in [4.69, 9.17) is 11.5 Å². The standard InChI is InChI=1S/C10H15BrN2O.ClH/c11-9-4-3-7(14)6-8(9)10(13)2-1-5-12;/h3-4,6,10,14H,1-2,5,12-13H2;1H/t10-;/m0./s1. The summed E-state index contributed by atoms with van der Waals surface area (Å²) in [7, 11) is 0. The minimum Gasteiger partial charge on any atom is -0.508 e. The zero-order valence-electron chi connectivity index (χ0n) is 8.32. The summed E-state index contributed by atoms with van der Waals surface area (Å²) in [6, 6.07) is 5.04. The van der Waals surface area contributed by atoms with E-state index in [0.29, 0.717) is 6.54 Å². The van der Waals surface area contributed by atoms with Gasteiger partial charge in [-0.25, -0.2) is 0 Å². The van der Waals surface area contributed by atoms with Crippen LogP contribution in [0.25, 0.3) is 0 Å². The number of phenols is 1. The Morgan fingerprint density at radius 2 is 2.07 bits per heavy atom. The van der Waals surface area contributed by atoms with Gasteiger partial charge in [0.05, 0.1) is 0 Å². The van der Waals surface area contributed by atoms with Crippen molar-refractivity contribution in [2.75, 3.05) is 6.54 Å². The van der Waals surface area contributed by atoms with Gasteiger partial charge >= 0.3 is 0 Å². The zero-order valence-corrected chi connectivity index (χ0v) is 10.7. The summed E-state index contributed by atoms with van der Waals surface area (Å²) in [5, 5.41) is 9.31. The third kappa shape index (κ3) is 4.38. The average Bonchev–Trinajstić information content (AvgIpc) is 2.18. The van der Waals surface area contributed by atoms with Crippen molar-refractivity contribution in [2.24, 2.45) is 11.5 Å². The van der Waals surface area contributed by atoms with Gasteiger partial charge in [0.15, 0.2) is 0 Å². The number of hydrogen-bond donors (Lipinski definition) is 3. The highest BCUT2D eigenvalue weighted by Gasteiger charge is 2.09. The molecule has 3 nitrogen and oxygen atoms in total. The second kappa shape index (κ2) is 7.06. The lowest BCUT2D eigenvalue weighted by atomic mass is 10.0. The quantitative estimate of drug-likeness (QED) is 0.798. The van der Waals surface area contributed by atoms with Gasteiger partial charge in [-0.2, -0.15) is 0 Å². The molecule has 0 aliphatic carbocycles. The molecule has 1 rings (SSSR count). The number of rotatable bonds is 4. The predicted molar refractivity (Wildman–Crippen MR) is 68.3 cm³/mol. The maximum atomic E-state index is 9.31. The summed E-state index contributed by atoms with van der Waals surface area (Å²) in [5.74, 6) is 0.242. The number of aromatic hydroxyl groups is 1. The van der Waals surface area contributed by atoms with Crippen molar-refractivity contribution in [3.63, 3.8) is 0 Å². The van der Waals surface area contributed by atoms with E-state index in [-0.39, 0.29) is 24.2 Å². The van der Waals surface area contributed by atoms with Gasteiger partial charge in [-0.05, 0) is 43.1 Å². The average molecular weight is 296 g/mol. The summed E-state index contributed by atoms with van der Waals surface area (Å²) >= 11 is 3.40. The van der Waals surface area contributed by atoms with E-state index in [9.17, 15) is 5.11 Å². The van der Waals surface area contributed by atoms with E-state index < -0.39 is 0 Å². The van der Waals surface area contributed by atoms with Crippen LogP contribution in [0.3, 0.4) is 0 Å². The van der Waals surface area contributed by atoms with Crippen molar-refractivity contribution < 1.29 is 5.11 Å². The minimum atomic E-state index is -0.0694. The lowest BCUT2D eigenvalue weighted by molar-refractivity contribution is 0.472. The Morgan fingerprint density at radius 1 is 1.40 bits per heavy atom. The molecule has 5 heteroatoms. The Morgan fingerprint density at radius 3 is 2.67 bits per heavy atom. The first-order valence-electron chi connectivity index (χ1n) is 4.59. The maximum Gasteiger partial charge on any atom is 0.115 e. The van der Waals surface area contributed by atoms with Gasteiger partial charge in [0.2, 0.25) is 0 Å². The van der Waals surface area contributed by atoms with Crippen molar-refractivity contribution in [3.05, 3.63) is 28.2 Å². The van der Waals surface area contributed by atoms with Gasteiger partial charge in [-0.15, -0.1) is 12.4 Å². The van der Waals surface area contributed by atoms with Crippen LogP contribution in [0, 0.1) is 0 Å². The van der Waals surface area contributed by atoms with Gasteiger partial charge in [0.25, 0.3) is 0 Å². The molecule has 1 aromatic carbocycles. The van der Waals surface area contributed by atoms with Crippen LogP contribution in [0.1, 0.15) is 24.4 Å². The van der Waals surface area contributed by atoms with E-state index in [1.165, 1.54) is 0 Å². The molecular formula is C10H16BrClN2O. The molecule has 0 bridgehead atoms. The highest BCUT2D eigenvalue weighted by Crippen LogP contribution is 2.28. The first-order chi connectivity index (χ1) is 6.65. The van der Waals surface area contributed by atoms with Crippen LogP contribution in [-0.2, 0) is 0 Å². The molecule has 1 aromatic rings. The van der Waals surface area contributed by atoms with E-state index in [1.807, 2.05) is 0 Å². The number of halogens is 2. The van der Waals surface area contributed by atoms with Crippen molar-refractivity contribution in [2.45, 2.75) is 18.9 Å². The highest BCUT2D eigenvalue weighted by molar-refractivity contribution is 9.10. The van der Waals surface area contributed by atoms with Gasteiger partial charge in [-0.1, -0.05) is 15.9 Å². The molecule has 0 amide bonds. The van der Waals surface area contributed by atoms with Crippen LogP contribution >= 0.6 is 28.3 Å². The fourth-order valence-corrected chi connectivity index (χ4v) is 1.85. The van der Waals surface area contributed by atoms with Crippen molar-refractivity contribution in [1.29, 1.82) is 0 Å². The first kappa shape index (κ1) is 14.7. The summed E-state index contributed by atoms with van der Waals surface area (Å²) in [4.78, 5) is 0. The SMILES string of the molecule is Cl.NCCC[C@H](N)c1cc(O)ccc1Br. The smallest absolute Gasteiger partial charge is 0.115 e. The zero-order chi connectivity index (χ0) is 10.6. The van der Waals surface area contributed by atoms with Gasteiger partial charge in [0.1, 0.15) is 5.75 Å². The van der Waals surface area contributed by atoms with Gasteiger partial charge < -0.3 is 16.6 Å². The number of nitrogens with two attached hydrogens (primary N) is 2. The monoisotopic (exact) mass is 294 g/mol. The molecule has 0 aliphatic heterocycles. The minimum absolute atomic E-state index is 0. The lowest BCUT2D eigenvalue weighted by Gasteiger charge is -2.13. The maximum absolute atomic E-state index is 9.31. The second-order valence-electron chi connectivity index (χ2n) is 3.24. The molecule has 0 radical (unpaired) electrons. The molecule has 0 saturated heterocycles. The van der Waals surface area contributed by atoms with Crippen molar-refractivity contribution in [3.8, 4) is 5.75 Å². The third-order valence-corrected chi connectivity index (χ3v) is 2.82. The van der Waals surface area contributed by atoms with Crippen LogP contribution in [0.4, 0.5) is 0 Å². The van der Waals surface area contributed by atoms with Crippen molar-refractivity contribution in [1.82, 2.24) is 0 Å².